The molecule has 212 valence electrons. The Bertz CT molecular complexity index is 1730. The number of fused-ring (bicyclic) bond motifs is 1. The van der Waals surface area contributed by atoms with Gasteiger partial charge in [0.05, 0.1) is 16.6 Å². The van der Waals surface area contributed by atoms with Crippen molar-refractivity contribution in [2.75, 3.05) is 43.5 Å². The van der Waals surface area contributed by atoms with Crippen LogP contribution < -0.4 is 15.5 Å². The highest BCUT2D eigenvalue weighted by Gasteiger charge is 2.31. The van der Waals surface area contributed by atoms with Gasteiger partial charge in [-0.25, -0.2) is 28.1 Å². The van der Waals surface area contributed by atoms with E-state index in [1.165, 1.54) is 22.8 Å². The first-order chi connectivity index (χ1) is 19.5. The number of aromatic nitrogens is 4. The third kappa shape index (κ3) is 4.75. The number of carbonyl (C=O) groups is 1. The summed E-state index contributed by atoms with van der Waals surface area (Å²) >= 11 is 0. The number of hydrogen-bond acceptors (Lipinski definition) is 8. The van der Waals surface area contributed by atoms with Crippen LogP contribution in [0.3, 0.4) is 0 Å². The number of aryl methyl sites for hydroxylation is 1. The van der Waals surface area contributed by atoms with E-state index in [-0.39, 0.29) is 28.8 Å². The predicted octanol–water partition coefficient (Wildman–Crippen LogP) is 3.42. The van der Waals surface area contributed by atoms with Crippen LogP contribution in [0.2, 0.25) is 0 Å². The number of aromatic hydroxyl groups is 1. The van der Waals surface area contributed by atoms with Gasteiger partial charge in [0.15, 0.2) is 17.3 Å². The van der Waals surface area contributed by atoms with E-state index in [9.17, 15) is 19.1 Å². The van der Waals surface area contributed by atoms with Crippen molar-refractivity contribution in [3.05, 3.63) is 76.9 Å². The van der Waals surface area contributed by atoms with E-state index in [0.717, 1.165) is 12.1 Å². The number of piperazine rings is 1. The van der Waals surface area contributed by atoms with E-state index in [0.29, 0.717) is 36.7 Å². The Morgan fingerprint density at radius 3 is 2.59 bits per heavy atom. The average molecular weight is 562 g/mol. The van der Waals surface area contributed by atoms with Crippen molar-refractivity contribution < 1.29 is 18.7 Å². The highest BCUT2D eigenvalue weighted by atomic mass is 19.1. The number of pyridine rings is 2. The Labute approximate surface area is 234 Å². The highest BCUT2D eigenvalue weighted by molar-refractivity contribution is 5.92. The van der Waals surface area contributed by atoms with E-state index in [2.05, 4.69) is 21.5 Å². The highest BCUT2D eigenvalue weighted by Crippen LogP contribution is 2.36. The molecule has 0 spiro atoms. The standard InChI is InChI=1S/C29H29F2N7O3/c1-6-22(40)36-12-13-37(17(3)15-36)26-18-14-20(31)24(23-19(30)8-7-9-21(23)39)33-27(18)38(29(41)34-26)25-16(2)10-11-32-28(25)35(4)5/h6-11,14,17,39H,1,12-13,15H2,2-5H3/t17-/m0/s1. The van der Waals surface area contributed by atoms with Crippen molar-refractivity contribution >= 4 is 28.6 Å². The summed E-state index contributed by atoms with van der Waals surface area (Å²) in [7, 11) is 3.53. The molecular formula is C29H29F2N7O3. The number of phenols is 1. The van der Waals surface area contributed by atoms with Gasteiger partial charge in [-0.1, -0.05) is 12.6 Å². The predicted molar refractivity (Wildman–Crippen MR) is 153 cm³/mol. The van der Waals surface area contributed by atoms with Crippen LogP contribution in [-0.2, 0) is 4.79 Å². The maximum Gasteiger partial charge on any atom is 0.355 e. The lowest BCUT2D eigenvalue weighted by Gasteiger charge is -2.40. The molecule has 0 radical (unpaired) electrons. The van der Waals surface area contributed by atoms with E-state index in [1.54, 1.807) is 43.1 Å². The molecule has 4 aromatic rings. The first-order valence-electron chi connectivity index (χ1n) is 13.0. The molecule has 10 nitrogen and oxygen atoms in total. The third-order valence-corrected chi connectivity index (χ3v) is 7.17. The summed E-state index contributed by atoms with van der Waals surface area (Å²) in [5.41, 5.74) is -0.524. The van der Waals surface area contributed by atoms with Gasteiger partial charge in [0.1, 0.15) is 23.1 Å². The monoisotopic (exact) mass is 561 g/mol. The Hall–Kier alpha value is -4.87. The van der Waals surface area contributed by atoms with Crippen molar-refractivity contribution in [3.8, 4) is 22.7 Å². The molecule has 0 saturated carbocycles. The fraction of sp³-hybridized carbons (Fsp3) is 0.276. The molecule has 1 saturated heterocycles. The van der Waals surface area contributed by atoms with E-state index in [1.807, 2.05) is 11.8 Å². The zero-order chi connectivity index (χ0) is 29.6. The quantitative estimate of drug-likeness (QED) is 0.370. The molecule has 0 aliphatic carbocycles. The number of hydrogen-bond donors (Lipinski definition) is 1. The molecular weight excluding hydrogens is 532 g/mol. The maximum absolute atomic E-state index is 15.8. The van der Waals surface area contributed by atoms with Gasteiger partial charge in [0.25, 0.3) is 0 Å². The molecule has 1 atom stereocenters. The van der Waals surface area contributed by atoms with Gasteiger partial charge in [0.2, 0.25) is 5.91 Å². The van der Waals surface area contributed by atoms with Crippen molar-refractivity contribution in [3.63, 3.8) is 0 Å². The number of anilines is 2. The van der Waals surface area contributed by atoms with Gasteiger partial charge in [-0.05, 0) is 49.8 Å². The largest absolute Gasteiger partial charge is 0.507 e. The zero-order valence-electron chi connectivity index (χ0n) is 23.1. The lowest BCUT2D eigenvalue weighted by molar-refractivity contribution is -0.126. The molecule has 0 unspecified atom stereocenters. The molecule has 1 N–H and O–H groups in total. The molecule has 3 aromatic heterocycles. The number of benzene rings is 1. The summed E-state index contributed by atoms with van der Waals surface area (Å²) in [6, 6.07) is 6.21. The fourth-order valence-corrected chi connectivity index (χ4v) is 5.19. The lowest BCUT2D eigenvalue weighted by atomic mass is 10.1. The van der Waals surface area contributed by atoms with Crippen molar-refractivity contribution in [1.82, 2.24) is 24.4 Å². The van der Waals surface area contributed by atoms with Gasteiger partial charge in [-0.3, -0.25) is 4.79 Å². The van der Waals surface area contributed by atoms with Crippen molar-refractivity contribution in [2.45, 2.75) is 19.9 Å². The molecule has 1 aliphatic rings. The minimum absolute atomic E-state index is 0.00931. The topological polar surface area (TPSA) is 108 Å². The minimum Gasteiger partial charge on any atom is -0.507 e. The smallest absolute Gasteiger partial charge is 0.355 e. The van der Waals surface area contributed by atoms with Crippen LogP contribution in [0.1, 0.15) is 12.5 Å². The number of halogens is 2. The second-order valence-electron chi connectivity index (χ2n) is 10.1. The second-order valence-corrected chi connectivity index (χ2v) is 10.1. The summed E-state index contributed by atoms with van der Waals surface area (Å²) in [6.07, 6.45) is 2.85. The van der Waals surface area contributed by atoms with Crippen LogP contribution >= 0.6 is 0 Å². The zero-order valence-corrected chi connectivity index (χ0v) is 23.1. The molecule has 4 heterocycles. The Balaban J connectivity index is 1.83. The van der Waals surface area contributed by atoms with Crippen molar-refractivity contribution in [2.24, 2.45) is 0 Å². The van der Waals surface area contributed by atoms with E-state index < -0.39 is 34.3 Å². The SMILES string of the molecule is C=CC(=O)N1CCN(c2nc(=O)n(-c3c(C)ccnc3N(C)C)c3nc(-c4c(O)cccc4F)c(F)cc23)[C@@H](C)C1. The Morgan fingerprint density at radius 1 is 1.17 bits per heavy atom. The molecule has 0 bridgehead atoms. The fourth-order valence-electron chi connectivity index (χ4n) is 5.19. The van der Waals surface area contributed by atoms with Gasteiger partial charge < -0.3 is 19.8 Å². The van der Waals surface area contributed by atoms with Crippen LogP contribution in [0.25, 0.3) is 28.0 Å². The first-order valence-corrected chi connectivity index (χ1v) is 13.0. The van der Waals surface area contributed by atoms with Crippen LogP contribution in [0.15, 0.2) is 54.0 Å². The van der Waals surface area contributed by atoms with Crippen LogP contribution in [0, 0.1) is 18.6 Å². The summed E-state index contributed by atoms with van der Waals surface area (Å²) in [6.45, 7) is 8.20. The van der Waals surface area contributed by atoms with Crippen LogP contribution in [0.5, 0.6) is 5.75 Å². The number of rotatable bonds is 5. The second kappa shape index (κ2) is 10.6. The van der Waals surface area contributed by atoms with Gasteiger partial charge in [0, 0.05) is 46.0 Å². The summed E-state index contributed by atoms with van der Waals surface area (Å²) in [4.78, 5) is 44.6. The first kappa shape index (κ1) is 27.7. The van der Waals surface area contributed by atoms with Gasteiger partial charge >= 0.3 is 5.69 Å². The van der Waals surface area contributed by atoms with Crippen molar-refractivity contribution in [1.29, 1.82) is 0 Å². The van der Waals surface area contributed by atoms with Gasteiger partial charge in [-0.2, -0.15) is 4.98 Å². The third-order valence-electron chi connectivity index (χ3n) is 7.17. The van der Waals surface area contributed by atoms with Gasteiger partial charge in [-0.15, -0.1) is 0 Å². The molecule has 1 aliphatic heterocycles. The number of carbonyl (C=O) groups excluding carboxylic acids is 1. The lowest BCUT2D eigenvalue weighted by Crippen LogP contribution is -2.54. The molecule has 12 heteroatoms. The summed E-state index contributed by atoms with van der Waals surface area (Å²) in [5.74, 6) is -1.87. The number of amides is 1. The number of nitrogens with zero attached hydrogens (tertiary/aromatic N) is 7. The number of phenolic OH excluding ortho intramolecular Hbond substituents is 1. The van der Waals surface area contributed by atoms with E-state index >= 15 is 4.39 Å². The molecule has 1 amide bonds. The summed E-state index contributed by atoms with van der Waals surface area (Å²) in [5, 5.41) is 10.6. The minimum atomic E-state index is -0.907. The normalized spacial score (nSPS) is 15.3. The molecule has 1 aromatic carbocycles. The molecule has 5 rings (SSSR count). The Kier molecular flexibility index (Phi) is 7.16. The van der Waals surface area contributed by atoms with Crippen LogP contribution in [-0.4, -0.2) is 75.2 Å². The molecule has 41 heavy (non-hydrogen) atoms. The van der Waals surface area contributed by atoms with E-state index in [4.69, 9.17) is 0 Å². The van der Waals surface area contributed by atoms with Crippen LogP contribution in [0.4, 0.5) is 20.4 Å². The summed E-state index contributed by atoms with van der Waals surface area (Å²) < 4.78 is 31.9. The maximum atomic E-state index is 15.8. The Morgan fingerprint density at radius 2 is 1.93 bits per heavy atom. The average Bonchev–Trinajstić information content (AvgIpc) is 2.93. The molecule has 1 fully saturated rings.